The summed E-state index contributed by atoms with van der Waals surface area (Å²) in [4.78, 5) is 6.21. The number of nitrogens with zero attached hydrogens (tertiary/aromatic N) is 1. The number of ether oxygens (including phenoxy) is 3. The summed E-state index contributed by atoms with van der Waals surface area (Å²) in [5, 5.41) is 25.1. The van der Waals surface area contributed by atoms with Crippen molar-refractivity contribution in [2.24, 2.45) is 22.9 Å². The molecule has 2 N–H and O–H groups in total. The van der Waals surface area contributed by atoms with Crippen LogP contribution in [0.2, 0.25) is 0 Å². The molecule has 2 aromatic rings. The van der Waals surface area contributed by atoms with Gasteiger partial charge in [-0.2, -0.15) is 0 Å². The SMILES string of the molecule is C=CCO[C@@]12Oc3ccc(OCc4ccccc4F)cc3[C@H]3[C@H](CCCCO)[C@@H](CCCCO)C=C(C(=NOC(C)(C)C)C[C@@H]1SC1CCCC1)[C@H]32. The number of aliphatic hydroxyl groups is 2. The molecule has 1 aliphatic heterocycles. The van der Waals surface area contributed by atoms with Crippen molar-refractivity contribution in [3.8, 4) is 11.5 Å². The maximum atomic E-state index is 14.6. The standard InChI is InChI=1S/C43H58FNO6S/c1-5-24-49-43-39(52-32-16-7-8-17-32)27-37(45-51-42(2,3)4)34-25-29(14-10-12-22-46)33(18-11-13-23-47)40(41(34)43)35-26-31(20-21-38(35)50-43)48-28-30-15-6-9-19-36(30)44/h5-6,9,15,19-21,25-26,29,32-33,39-41,46-47H,1,7-8,10-14,16-18,22-24,27-28H2,2-4H3/t29-,33+,39-,40+,41+,43+/m0/s1. The zero-order valence-electron chi connectivity index (χ0n) is 31.2. The molecule has 2 fully saturated rings. The molecule has 1 heterocycles. The topological polar surface area (TPSA) is 89.7 Å². The molecule has 0 bridgehead atoms. The van der Waals surface area contributed by atoms with E-state index in [0.717, 1.165) is 61.1 Å². The molecule has 284 valence electrons. The number of halogens is 1. The van der Waals surface area contributed by atoms with Crippen LogP contribution < -0.4 is 9.47 Å². The number of thioether (sulfide) groups is 1. The Kier molecular flexibility index (Phi) is 13.1. The number of oxime groups is 1. The molecule has 2 aromatic carbocycles. The van der Waals surface area contributed by atoms with E-state index < -0.39 is 11.4 Å². The van der Waals surface area contributed by atoms with Gasteiger partial charge < -0.3 is 29.3 Å². The molecular weight excluding hydrogens is 678 g/mol. The average molecular weight is 736 g/mol. The number of benzene rings is 2. The minimum Gasteiger partial charge on any atom is -0.489 e. The van der Waals surface area contributed by atoms with Crippen LogP contribution in [0.4, 0.5) is 4.39 Å². The first-order chi connectivity index (χ1) is 25.2. The summed E-state index contributed by atoms with van der Waals surface area (Å²) < 4.78 is 35.2. The first kappa shape index (κ1) is 38.9. The van der Waals surface area contributed by atoms with Gasteiger partial charge in [-0.15, -0.1) is 18.3 Å². The lowest BCUT2D eigenvalue weighted by molar-refractivity contribution is -0.223. The molecule has 4 aliphatic rings. The third-order valence-electron chi connectivity index (χ3n) is 11.1. The summed E-state index contributed by atoms with van der Waals surface area (Å²) in [5.41, 5.74) is 3.18. The van der Waals surface area contributed by atoms with Crippen LogP contribution in [0.3, 0.4) is 0 Å². The molecule has 0 saturated heterocycles. The van der Waals surface area contributed by atoms with Gasteiger partial charge in [0, 0.05) is 41.9 Å². The van der Waals surface area contributed by atoms with Gasteiger partial charge in [-0.1, -0.05) is 61.2 Å². The minimum absolute atomic E-state index is 0.0183. The van der Waals surface area contributed by atoms with Gasteiger partial charge in [0.15, 0.2) is 0 Å². The molecule has 2 saturated carbocycles. The molecule has 0 amide bonds. The first-order valence-corrected chi connectivity index (χ1v) is 20.4. The molecule has 0 radical (unpaired) electrons. The van der Waals surface area contributed by atoms with Gasteiger partial charge >= 0.3 is 0 Å². The van der Waals surface area contributed by atoms with Crippen molar-refractivity contribution in [2.45, 2.75) is 126 Å². The monoisotopic (exact) mass is 735 g/mol. The van der Waals surface area contributed by atoms with Crippen molar-refractivity contribution in [3.05, 3.63) is 83.7 Å². The Morgan fingerprint density at radius 1 is 1.04 bits per heavy atom. The summed E-state index contributed by atoms with van der Waals surface area (Å²) in [6.45, 7) is 10.9. The highest BCUT2D eigenvalue weighted by Gasteiger charge is 2.64. The van der Waals surface area contributed by atoms with Crippen LogP contribution in [-0.4, -0.2) is 57.6 Å². The molecule has 3 aliphatic carbocycles. The lowest BCUT2D eigenvalue weighted by atomic mass is 9.56. The van der Waals surface area contributed by atoms with Crippen molar-refractivity contribution in [3.63, 3.8) is 0 Å². The lowest BCUT2D eigenvalue weighted by Gasteiger charge is -2.58. The molecular formula is C43H58FNO6S. The number of allylic oxidation sites excluding steroid dienone is 1. The Hall–Kier alpha value is -2.85. The van der Waals surface area contributed by atoms with Gasteiger partial charge in [-0.25, -0.2) is 4.39 Å². The number of rotatable bonds is 17. The molecule has 0 unspecified atom stereocenters. The lowest BCUT2D eigenvalue weighted by Crippen LogP contribution is -2.64. The van der Waals surface area contributed by atoms with E-state index in [2.05, 4.69) is 18.7 Å². The third kappa shape index (κ3) is 8.75. The molecule has 9 heteroatoms. The maximum Gasteiger partial charge on any atom is 0.230 e. The predicted molar refractivity (Wildman–Crippen MR) is 206 cm³/mol. The highest BCUT2D eigenvalue weighted by atomic mass is 32.2. The molecule has 0 spiro atoms. The number of unbranched alkanes of at least 4 members (excludes halogenated alkanes) is 2. The van der Waals surface area contributed by atoms with E-state index in [1.54, 1.807) is 12.1 Å². The highest BCUT2D eigenvalue weighted by molar-refractivity contribution is 8.00. The van der Waals surface area contributed by atoms with Crippen LogP contribution in [0.1, 0.15) is 108 Å². The Morgan fingerprint density at radius 3 is 2.50 bits per heavy atom. The van der Waals surface area contributed by atoms with Crippen molar-refractivity contribution >= 4 is 17.5 Å². The van der Waals surface area contributed by atoms with Gasteiger partial charge in [-0.05, 0) is 101 Å². The van der Waals surface area contributed by atoms with Crippen LogP contribution in [0, 0.1) is 23.6 Å². The van der Waals surface area contributed by atoms with Crippen LogP contribution in [-0.2, 0) is 16.2 Å². The smallest absolute Gasteiger partial charge is 0.230 e. The van der Waals surface area contributed by atoms with E-state index in [-0.39, 0.29) is 54.6 Å². The van der Waals surface area contributed by atoms with Gasteiger partial charge in [0.2, 0.25) is 5.79 Å². The zero-order chi connectivity index (χ0) is 36.7. The largest absolute Gasteiger partial charge is 0.489 e. The van der Waals surface area contributed by atoms with E-state index in [1.165, 1.54) is 31.7 Å². The van der Waals surface area contributed by atoms with E-state index >= 15 is 0 Å². The average Bonchev–Trinajstić information content (AvgIpc) is 3.64. The summed E-state index contributed by atoms with van der Waals surface area (Å²) >= 11 is 2.00. The normalized spacial score (nSPS) is 27.8. The highest BCUT2D eigenvalue weighted by Crippen LogP contribution is 2.63. The maximum absolute atomic E-state index is 14.6. The van der Waals surface area contributed by atoms with Crippen LogP contribution >= 0.6 is 11.8 Å². The van der Waals surface area contributed by atoms with Crippen molar-refractivity contribution in [1.82, 2.24) is 0 Å². The summed E-state index contributed by atoms with van der Waals surface area (Å²) in [7, 11) is 0. The van der Waals surface area contributed by atoms with Gasteiger partial charge in [-0.3, -0.25) is 0 Å². The van der Waals surface area contributed by atoms with Crippen LogP contribution in [0.25, 0.3) is 0 Å². The second-order valence-electron chi connectivity index (χ2n) is 15.9. The number of hydrogen-bond acceptors (Lipinski definition) is 8. The van der Waals surface area contributed by atoms with Gasteiger partial charge in [0.25, 0.3) is 0 Å². The second-order valence-corrected chi connectivity index (χ2v) is 17.4. The fraction of sp³-hybridized carbons (Fsp3) is 0.605. The fourth-order valence-electron chi connectivity index (χ4n) is 8.76. The van der Waals surface area contributed by atoms with Crippen LogP contribution in [0.15, 0.2) is 71.9 Å². The van der Waals surface area contributed by atoms with Gasteiger partial charge in [0.1, 0.15) is 29.5 Å². The quantitative estimate of drug-likeness (QED) is 0.0951. The molecule has 6 atom stereocenters. The summed E-state index contributed by atoms with van der Waals surface area (Å²) in [6.07, 6.45) is 14.8. The Bertz CT molecular complexity index is 1570. The molecule has 7 nitrogen and oxygen atoms in total. The van der Waals surface area contributed by atoms with E-state index in [0.29, 0.717) is 29.6 Å². The van der Waals surface area contributed by atoms with Crippen molar-refractivity contribution in [2.75, 3.05) is 19.8 Å². The van der Waals surface area contributed by atoms with E-state index in [9.17, 15) is 14.6 Å². The predicted octanol–water partition coefficient (Wildman–Crippen LogP) is 9.51. The third-order valence-corrected chi connectivity index (χ3v) is 12.7. The number of hydrogen-bond donors (Lipinski definition) is 2. The molecule has 0 aromatic heterocycles. The molecule has 52 heavy (non-hydrogen) atoms. The Balaban J connectivity index is 1.52. The van der Waals surface area contributed by atoms with E-state index in [4.69, 9.17) is 24.2 Å². The number of aliphatic hydroxyl groups excluding tert-OH is 2. The fourth-order valence-corrected chi connectivity index (χ4v) is 10.5. The second kappa shape index (κ2) is 17.5. The summed E-state index contributed by atoms with van der Waals surface area (Å²) in [5.74, 6) is 0.370. The van der Waals surface area contributed by atoms with Crippen molar-refractivity contribution in [1.29, 1.82) is 0 Å². The van der Waals surface area contributed by atoms with E-state index in [1.807, 2.05) is 56.8 Å². The van der Waals surface area contributed by atoms with Gasteiger partial charge in [0.05, 0.1) is 23.5 Å². The minimum atomic E-state index is -0.980. The van der Waals surface area contributed by atoms with Crippen LogP contribution in [0.5, 0.6) is 11.5 Å². The Labute approximate surface area is 314 Å². The first-order valence-electron chi connectivity index (χ1n) is 19.5. The zero-order valence-corrected chi connectivity index (χ0v) is 32.1. The Morgan fingerprint density at radius 2 is 1.79 bits per heavy atom. The van der Waals surface area contributed by atoms with Crippen molar-refractivity contribution < 1.29 is 33.7 Å². The molecule has 6 rings (SSSR count). The summed E-state index contributed by atoms with van der Waals surface area (Å²) in [6, 6.07) is 12.7. The number of fused-ring (bicyclic) bond motifs is 2.